The highest BCUT2D eigenvalue weighted by Crippen LogP contribution is 2.18. The molecule has 1 unspecified atom stereocenters. The highest BCUT2D eigenvalue weighted by atomic mass is 16.4. The SMILES string of the molecule is NN=Cc1ccc(CNc2cccc(C(=O)NC(CC(=O)O)c3cccnc3)c2)cc1. The summed E-state index contributed by atoms with van der Waals surface area (Å²) in [4.78, 5) is 28.0. The van der Waals surface area contributed by atoms with Gasteiger partial charge in [0.15, 0.2) is 0 Å². The predicted molar refractivity (Wildman–Crippen MR) is 119 cm³/mol. The van der Waals surface area contributed by atoms with Gasteiger partial charge in [0.25, 0.3) is 5.91 Å². The molecule has 0 spiro atoms. The molecule has 1 amide bonds. The van der Waals surface area contributed by atoms with Crippen LogP contribution in [0.15, 0.2) is 78.2 Å². The molecule has 0 fully saturated rings. The Bertz CT molecular complexity index is 1050. The van der Waals surface area contributed by atoms with E-state index in [1.807, 2.05) is 30.3 Å². The lowest BCUT2D eigenvalue weighted by atomic mass is 10.0. The lowest BCUT2D eigenvalue weighted by Gasteiger charge is -2.17. The molecular weight excluding hydrogens is 394 g/mol. The molecule has 0 saturated heterocycles. The molecule has 5 N–H and O–H groups in total. The maximum atomic E-state index is 12.8. The van der Waals surface area contributed by atoms with Crippen molar-refractivity contribution in [2.45, 2.75) is 19.0 Å². The van der Waals surface area contributed by atoms with Gasteiger partial charge in [0.2, 0.25) is 0 Å². The number of carboxylic acid groups (broad SMARTS) is 1. The number of hydrogen-bond donors (Lipinski definition) is 4. The predicted octanol–water partition coefficient (Wildman–Crippen LogP) is 2.93. The first kappa shape index (κ1) is 21.5. The molecule has 0 aliphatic rings. The fourth-order valence-corrected chi connectivity index (χ4v) is 3.03. The van der Waals surface area contributed by atoms with E-state index in [1.54, 1.807) is 48.9 Å². The Morgan fingerprint density at radius 2 is 1.94 bits per heavy atom. The quantitative estimate of drug-likeness (QED) is 0.241. The third kappa shape index (κ3) is 6.40. The number of benzene rings is 2. The van der Waals surface area contributed by atoms with Gasteiger partial charge in [-0.15, -0.1) is 0 Å². The third-order valence-electron chi connectivity index (χ3n) is 4.60. The molecule has 158 valence electrons. The second-order valence-corrected chi connectivity index (χ2v) is 6.86. The molecule has 0 aliphatic heterocycles. The smallest absolute Gasteiger partial charge is 0.305 e. The van der Waals surface area contributed by atoms with Gasteiger partial charge in [0.05, 0.1) is 18.7 Å². The molecule has 0 aliphatic carbocycles. The summed E-state index contributed by atoms with van der Waals surface area (Å²) in [6, 6.07) is 17.6. The fourth-order valence-electron chi connectivity index (χ4n) is 3.03. The summed E-state index contributed by atoms with van der Waals surface area (Å²) in [6.07, 6.45) is 4.48. The van der Waals surface area contributed by atoms with E-state index in [0.29, 0.717) is 17.7 Å². The van der Waals surface area contributed by atoms with Crippen LogP contribution in [0, 0.1) is 0 Å². The van der Waals surface area contributed by atoms with Gasteiger partial charge >= 0.3 is 5.97 Å². The topological polar surface area (TPSA) is 130 Å². The second-order valence-electron chi connectivity index (χ2n) is 6.86. The van der Waals surface area contributed by atoms with Gasteiger partial charge in [-0.2, -0.15) is 5.10 Å². The van der Waals surface area contributed by atoms with Crippen molar-refractivity contribution < 1.29 is 14.7 Å². The normalized spacial score (nSPS) is 11.7. The maximum Gasteiger partial charge on any atom is 0.305 e. The first-order valence-corrected chi connectivity index (χ1v) is 9.64. The van der Waals surface area contributed by atoms with E-state index >= 15 is 0 Å². The highest BCUT2D eigenvalue weighted by molar-refractivity contribution is 5.95. The Hall–Kier alpha value is -4.20. The Labute approximate surface area is 179 Å². The Morgan fingerprint density at radius 3 is 2.61 bits per heavy atom. The standard InChI is InChI=1S/C23H23N5O3/c24-27-14-17-8-6-16(7-9-17)13-26-20-5-1-3-18(11-20)23(31)28-21(12-22(29)30)19-4-2-10-25-15-19/h1-11,14-15,21,26H,12-13,24H2,(H,28,31)(H,29,30). The molecular formula is C23H23N5O3. The summed E-state index contributed by atoms with van der Waals surface area (Å²) in [7, 11) is 0. The van der Waals surface area contributed by atoms with E-state index in [1.165, 1.54) is 0 Å². The number of pyridine rings is 1. The van der Waals surface area contributed by atoms with Crippen molar-refractivity contribution in [1.82, 2.24) is 10.3 Å². The number of carbonyl (C=O) groups excluding carboxylic acids is 1. The summed E-state index contributed by atoms with van der Waals surface area (Å²) in [5.74, 6) is 3.79. The van der Waals surface area contributed by atoms with Crippen LogP contribution in [0.1, 0.15) is 39.5 Å². The molecule has 1 atom stereocenters. The van der Waals surface area contributed by atoms with Crippen LogP contribution in [0.4, 0.5) is 5.69 Å². The molecule has 2 aromatic carbocycles. The van der Waals surface area contributed by atoms with Crippen LogP contribution in [0.2, 0.25) is 0 Å². The van der Waals surface area contributed by atoms with Crippen molar-refractivity contribution in [2.75, 3.05) is 5.32 Å². The van der Waals surface area contributed by atoms with E-state index in [2.05, 4.69) is 20.7 Å². The van der Waals surface area contributed by atoms with Crippen molar-refractivity contribution in [2.24, 2.45) is 10.9 Å². The Balaban J connectivity index is 1.66. The number of carboxylic acids is 1. The van der Waals surface area contributed by atoms with Crippen LogP contribution in [0.25, 0.3) is 0 Å². The first-order valence-electron chi connectivity index (χ1n) is 9.64. The van der Waals surface area contributed by atoms with Crippen LogP contribution < -0.4 is 16.5 Å². The number of nitrogens with two attached hydrogens (primary N) is 1. The second kappa shape index (κ2) is 10.5. The summed E-state index contributed by atoms with van der Waals surface area (Å²) >= 11 is 0. The molecule has 0 radical (unpaired) electrons. The number of rotatable bonds is 9. The number of amides is 1. The summed E-state index contributed by atoms with van der Waals surface area (Å²) in [5.41, 5.74) is 3.81. The lowest BCUT2D eigenvalue weighted by Crippen LogP contribution is -2.30. The number of nitrogens with zero attached hydrogens (tertiary/aromatic N) is 2. The minimum absolute atomic E-state index is 0.236. The van der Waals surface area contributed by atoms with E-state index < -0.39 is 12.0 Å². The van der Waals surface area contributed by atoms with Crippen LogP contribution in [0.3, 0.4) is 0 Å². The number of hydrazone groups is 1. The van der Waals surface area contributed by atoms with Crippen LogP contribution in [-0.4, -0.2) is 28.2 Å². The molecule has 8 nitrogen and oxygen atoms in total. The van der Waals surface area contributed by atoms with Gasteiger partial charge in [-0.3, -0.25) is 14.6 Å². The number of anilines is 1. The zero-order valence-corrected chi connectivity index (χ0v) is 16.7. The van der Waals surface area contributed by atoms with E-state index in [-0.39, 0.29) is 12.3 Å². The molecule has 3 rings (SSSR count). The average molecular weight is 417 g/mol. The molecule has 0 bridgehead atoms. The van der Waals surface area contributed by atoms with Gasteiger partial charge in [0.1, 0.15) is 0 Å². The molecule has 8 heteroatoms. The summed E-state index contributed by atoms with van der Waals surface area (Å²) < 4.78 is 0. The zero-order valence-electron chi connectivity index (χ0n) is 16.7. The number of aromatic nitrogens is 1. The number of nitrogens with one attached hydrogen (secondary N) is 2. The number of hydrogen-bond acceptors (Lipinski definition) is 6. The van der Waals surface area contributed by atoms with E-state index in [0.717, 1.165) is 16.8 Å². The van der Waals surface area contributed by atoms with Gasteiger partial charge in [-0.1, -0.05) is 36.4 Å². The van der Waals surface area contributed by atoms with Crippen LogP contribution in [-0.2, 0) is 11.3 Å². The van der Waals surface area contributed by atoms with Gasteiger partial charge < -0.3 is 21.6 Å². The maximum absolute atomic E-state index is 12.8. The first-order chi connectivity index (χ1) is 15.0. The van der Waals surface area contributed by atoms with Crippen molar-refractivity contribution in [3.8, 4) is 0 Å². The molecule has 1 aromatic heterocycles. The van der Waals surface area contributed by atoms with Crippen molar-refractivity contribution >= 4 is 23.8 Å². The van der Waals surface area contributed by atoms with Crippen LogP contribution in [0.5, 0.6) is 0 Å². The van der Waals surface area contributed by atoms with Crippen LogP contribution >= 0.6 is 0 Å². The lowest BCUT2D eigenvalue weighted by molar-refractivity contribution is -0.137. The monoisotopic (exact) mass is 417 g/mol. The Kier molecular flexibility index (Phi) is 7.31. The molecule has 31 heavy (non-hydrogen) atoms. The van der Waals surface area contributed by atoms with Crippen molar-refractivity contribution in [1.29, 1.82) is 0 Å². The van der Waals surface area contributed by atoms with Gasteiger partial charge in [-0.25, -0.2) is 0 Å². The highest BCUT2D eigenvalue weighted by Gasteiger charge is 2.19. The molecule has 0 saturated carbocycles. The zero-order chi connectivity index (χ0) is 22.1. The molecule has 1 heterocycles. The van der Waals surface area contributed by atoms with E-state index in [4.69, 9.17) is 5.84 Å². The largest absolute Gasteiger partial charge is 0.481 e. The van der Waals surface area contributed by atoms with E-state index in [9.17, 15) is 14.7 Å². The minimum Gasteiger partial charge on any atom is -0.481 e. The van der Waals surface area contributed by atoms with Gasteiger partial charge in [0, 0.05) is 30.2 Å². The number of aliphatic carboxylic acids is 1. The molecule has 3 aromatic rings. The average Bonchev–Trinajstić information content (AvgIpc) is 2.79. The van der Waals surface area contributed by atoms with Gasteiger partial charge in [-0.05, 0) is 41.0 Å². The summed E-state index contributed by atoms with van der Waals surface area (Å²) in [5, 5.41) is 18.8. The van der Waals surface area contributed by atoms with Crippen molar-refractivity contribution in [3.05, 3.63) is 95.3 Å². The Morgan fingerprint density at radius 1 is 1.13 bits per heavy atom. The van der Waals surface area contributed by atoms with Crippen molar-refractivity contribution in [3.63, 3.8) is 0 Å². The number of carbonyl (C=O) groups is 2. The minimum atomic E-state index is -1.01. The fraction of sp³-hybridized carbons (Fsp3) is 0.130. The summed E-state index contributed by atoms with van der Waals surface area (Å²) in [6.45, 7) is 0.572. The third-order valence-corrected chi connectivity index (χ3v) is 4.60.